The monoisotopic (exact) mass is 589 g/mol. The third-order valence-electron chi connectivity index (χ3n) is 6.70. The van der Waals surface area contributed by atoms with E-state index in [0.717, 1.165) is 36.8 Å². The SMILES string of the molecule is CCCCCCCN(C(=O)C(CC(C)C)NC(=O)OC(C)(C)C)C(C(=O)NCCC(=O)OCC)c1ccc(C)cc1C. The number of aryl methyl sites for hydroxylation is 2. The van der Waals surface area contributed by atoms with Gasteiger partial charge in [0.2, 0.25) is 11.8 Å². The molecule has 0 fully saturated rings. The Kier molecular flexibility index (Phi) is 16.2. The van der Waals surface area contributed by atoms with Gasteiger partial charge in [-0.1, -0.05) is 70.2 Å². The molecule has 0 aliphatic carbocycles. The van der Waals surface area contributed by atoms with Gasteiger partial charge in [0.05, 0.1) is 13.0 Å². The Morgan fingerprint density at radius 1 is 0.976 bits per heavy atom. The lowest BCUT2D eigenvalue weighted by Crippen LogP contribution is -2.53. The number of rotatable bonds is 17. The van der Waals surface area contributed by atoms with Crippen molar-refractivity contribution in [1.82, 2.24) is 15.5 Å². The molecule has 0 aliphatic rings. The van der Waals surface area contributed by atoms with Gasteiger partial charge in [-0.05, 0) is 71.4 Å². The highest BCUT2D eigenvalue weighted by Crippen LogP contribution is 2.28. The summed E-state index contributed by atoms with van der Waals surface area (Å²) >= 11 is 0. The van der Waals surface area contributed by atoms with Gasteiger partial charge >= 0.3 is 12.1 Å². The number of benzene rings is 1. The summed E-state index contributed by atoms with van der Waals surface area (Å²) in [6.07, 6.45) is 4.58. The number of nitrogens with one attached hydrogen (secondary N) is 2. The molecule has 0 spiro atoms. The zero-order chi connectivity index (χ0) is 31.9. The first kappa shape index (κ1) is 36.9. The molecular formula is C33H55N3O6. The highest BCUT2D eigenvalue weighted by molar-refractivity contribution is 5.92. The molecule has 0 aromatic heterocycles. The second-order valence-electron chi connectivity index (χ2n) is 12.4. The van der Waals surface area contributed by atoms with Crippen molar-refractivity contribution < 1.29 is 28.7 Å². The fraction of sp³-hybridized carbons (Fsp3) is 0.697. The average molecular weight is 590 g/mol. The summed E-state index contributed by atoms with van der Waals surface area (Å²) in [6.45, 7) is 17.7. The molecule has 0 bridgehead atoms. The van der Waals surface area contributed by atoms with Gasteiger partial charge in [0, 0.05) is 13.1 Å². The van der Waals surface area contributed by atoms with E-state index in [4.69, 9.17) is 9.47 Å². The van der Waals surface area contributed by atoms with Crippen LogP contribution < -0.4 is 10.6 Å². The number of ether oxygens (including phenoxy) is 2. The van der Waals surface area contributed by atoms with Crippen molar-refractivity contribution in [3.05, 3.63) is 34.9 Å². The molecule has 0 saturated carbocycles. The number of unbranched alkanes of at least 4 members (excludes halogenated alkanes) is 4. The van der Waals surface area contributed by atoms with Crippen LogP contribution in [0.25, 0.3) is 0 Å². The minimum Gasteiger partial charge on any atom is -0.466 e. The van der Waals surface area contributed by atoms with Crippen LogP contribution >= 0.6 is 0 Å². The minimum atomic E-state index is -0.943. The molecule has 42 heavy (non-hydrogen) atoms. The van der Waals surface area contributed by atoms with Crippen molar-refractivity contribution in [2.24, 2.45) is 5.92 Å². The second-order valence-corrected chi connectivity index (χ2v) is 12.4. The predicted molar refractivity (Wildman–Crippen MR) is 166 cm³/mol. The predicted octanol–water partition coefficient (Wildman–Crippen LogP) is 6.15. The van der Waals surface area contributed by atoms with Crippen molar-refractivity contribution >= 4 is 23.9 Å². The van der Waals surface area contributed by atoms with Crippen molar-refractivity contribution in [1.29, 1.82) is 0 Å². The molecule has 1 rings (SSSR count). The minimum absolute atomic E-state index is 0.0281. The number of hydrogen-bond donors (Lipinski definition) is 2. The maximum atomic E-state index is 14.4. The second kappa shape index (κ2) is 18.4. The molecule has 2 unspecified atom stereocenters. The van der Waals surface area contributed by atoms with Crippen LogP contribution in [0, 0.1) is 19.8 Å². The van der Waals surface area contributed by atoms with Gasteiger partial charge in [-0.15, -0.1) is 0 Å². The van der Waals surface area contributed by atoms with Crippen LogP contribution in [0.15, 0.2) is 18.2 Å². The van der Waals surface area contributed by atoms with E-state index in [1.165, 1.54) is 0 Å². The van der Waals surface area contributed by atoms with Crippen LogP contribution in [0.1, 0.15) is 116 Å². The molecule has 1 aromatic rings. The fourth-order valence-electron chi connectivity index (χ4n) is 4.80. The lowest BCUT2D eigenvalue weighted by atomic mass is 9.95. The summed E-state index contributed by atoms with van der Waals surface area (Å²) in [6, 6.07) is 3.98. The molecule has 2 atom stereocenters. The Balaban J connectivity index is 3.51. The summed E-state index contributed by atoms with van der Waals surface area (Å²) in [7, 11) is 0. The first-order chi connectivity index (χ1) is 19.7. The zero-order valence-corrected chi connectivity index (χ0v) is 27.4. The molecule has 0 aliphatic heterocycles. The quantitative estimate of drug-likeness (QED) is 0.166. The van der Waals surface area contributed by atoms with Gasteiger partial charge in [0.1, 0.15) is 17.7 Å². The largest absolute Gasteiger partial charge is 0.466 e. The molecule has 3 amide bonds. The van der Waals surface area contributed by atoms with Crippen LogP contribution in [0.3, 0.4) is 0 Å². The lowest BCUT2D eigenvalue weighted by Gasteiger charge is -2.35. The van der Waals surface area contributed by atoms with Crippen LogP contribution in [-0.4, -0.2) is 60.1 Å². The van der Waals surface area contributed by atoms with Gasteiger partial charge in [-0.3, -0.25) is 14.4 Å². The van der Waals surface area contributed by atoms with E-state index in [2.05, 4.69) is 17.6 Å². The Hall–Kier alpha value is -3.10. The van der Waals surface area contributed by atoms with E-state index in [-0.39, 0.29) is 37.3 Å². The van der Waals surface area contributed by atoms with Gasteiger partial charge in [0.25, 0.3) is 0 Å². The van der Waals surface area contributed by atoms with Gasteiger partial charge in [0.15, 0.2) is 0 Å². The lowest BCUT2D eigenvalue weighted by molar-refractivity contribution is -0.144. The first-order valence-corrected chi connectivity index (χ1v) is 15.5. The third kappa shape index (κ3) is 13.7. The van der Waals surface area contributed by atoms with Crippen LogP contribution in [-0.2, 0) is 23.9 Å². The van der Waals surface area contributed by atoms with Crippen molar-refractivity contribution in [2.45, 2.75) is 125 Å². The van der Waals surface area contributed by atoms with E-state index >= 15 is 0 Å². The van der Waals surface area contributed by atoms with Gasteiger partial charge in [-0.25, -0.2) is 4.79 Å². The van der Waals surface area contributed by atoms with E-state index < -0.39 is 29.7 Å². The molecule has 0 saturated heterocycles. The number of alkyl carbamates (subject to hydrolysis) is 1. The summed E-state index contributed by atoms with van der Waals surface area (Å²) in [5.74, 6) is -1.02. The molecule has 9 nitrogen and oxygen atoms in total. The summed E-state index contributed by atoms with van der Waals surface area (Å²) in [5, 5.41) is 5.66. The smallest absolute Gasteiger partial charge is 0.408 e. The van der Waals surface area contributed by atoms with Crippen LogP contribution in [0.4, 0.5) is 4.79 Å². The average Bonchev–Trinajstić information content (AvgIpc) is 2.86. The normalized spacial score (nSPS) is 12.8. The topological polar surface area (TPSA) is 114 Å². The van der Waals surface area contributed by atoms with E-state index in [0.29, 0.717) is 24.9 Å². The Morgan fingerprint density at radius 2 is 1.64 bits per heavy atom. The van der Waals surface area contributed by atoms with Gasteiger partial charge in [-0.2, -0.15) is 0 Å². The Morgan fingerprint density at radius 3 is 2.21 bits per heavy atom. The molecule has 0 radical (unpaired) electrons. The number of esters is 1. The molecule has 238 valence electrons. The summed E-state index contributed by atoms with van der Waals surface area (Å²) < 4.78 is 10.5. The van der Waals surface area contributed by atoms with Gasteiger partial charge < -0.3 is 25.0 Å². The van der Waals surface area contributed by atoms with Crippen molar-refractivity contribution in [3.8, 4) is 0 Å². The number of carbonyl (C=O) groups excluding carboxylic acids is 4. The third-order valence-corrected chi connectivity index (χ3v) is 6.70. The summed E-state index contributed by atoms with van der Waals surface area (Å²) in [4.78, 5) is 54.6. The molecule has 9 heteroatoms. The Labute approximate surface area is 253 Å². The highest BCUT2D eigenvalue weighted by atomic mass is 16.6. The molecule has 1 aromatic carbocycles. The van der Waals surface area contributed by atoms with Crippen molar-refractivity contribution in [2.75, 3.05) is 19.7 Å². The zero-order valence-electron chi connectivity index (χ0n) is 27.4. The molecular weight excluding hydrogens is 534 g/mol. The molecule has 0 heterocycles. The van der Waals surface area contributed by atoms with E-state index in [1.54, 1.807) is 32.6 Å². The maximum Gasteiger partial charge on any atom is 0.408 e. The number of hydrogen-bond acceptors (Lipinski definition) is 6. The molecule has 2 N–H and O–H groups in total. The fourth-order valence-corrected chi connectivity index (χ4v) is 4.80. The van der Waals surface area contributed by atoms with E-state index in [9.17, 15) is 19.2 Å². The Bertz CT molecular complexity index is 1020. The van der Waals surface area contributed by atoms with Crippen LogP contribution in [0.5, 0.6) is 0 Å². The maximum absolute atomic E-state index is 14.4. The standard InChI is InChI=1S/C33H55N3O6/c1-10-12-13-14-15-20-36(31(39)27(21-23(3)4)35-32(40)42-33(7,8)9)29(26-17-16-24(5)22-25(26)6)30(38)34-19-18-28(37)41-11-2/h16-17,22-23,27,29H,10-15,18-21H2,1-9H3,(H,34,38)(H,35,40). The highest BCUT2D eigenvalue weighted by Gasteiger charge is 2.37. The van der Waals surface area contributed by atoms with E-state index in [1.807, 2.05) is 45.9 Å². The summed E-state index contributed by atoms with van der Waals surface area (Å²) in [5.41, 5.74) is 1.90. The number of nitrogens with zero attached hydrogens (tertiary/aromatic N) is 1. The first-order valence-electron chi connectivity index (χ1n) is 15.5. The number of carbonyl (C=O) groups is 4. The van der Waals surface area contributed by atoms with Crippen LogP contribution in [0.2, 0.25) is 0 Å². The van der Waals surface area contributed by atoms with Crippen molar-refractivity contribution in [3.63, 3.8) is 0 Å². The number of amides is 3.